The topological polar surface area (TPSA) is 42.2 Å². The molecule has 108 valence electrons. The summed E-state index contributed by atoms with van der Waals surface area (Å²) in [6.45, 7) is 0.941. The quantitative estimate of drug-likeness (QED) is 0.357. The average Bonchev–Trinajstić information content (AvgIpc) is 2.46. The van der Waals surface area contributed by atoms with Gasteiger partial charge in [0.25, 0.3) is 0 Å². The van der Waals surface area contributed by atoms with E-state index in [9.17, 15) is 0 Å². The minimum Gasteiger partial charge on any atom is -0.490 e. The van der Waals surface area contributed by atoms with E-state index in [1.165, 1.54) is 3.57 Å². The first kappa shape index (κ1) is 17.1. The smallest absolute Gasteiger partial charge is 0.146 e. The van der Waals surface area contributed by atoms with Crippen LogP contribution in [0.15, 0.2) is 36.4 Å². The molecule has 0 bridgehead atoms. The normalized spacial score (nSPS) is 10.0. The van der Waals surface area contributed by atoms with Crippen molar-refractivity contribution in [1.82, 2.24) is 0 Å². The van der Waals surface area contributed by atoms with Gasteiger partial charge < -0.3 is 9.47 Å². The number of rotatable bonds is 5. The molecule has 2 aromatic carbocycles. The van der Waals surface area contributed by atoms with Crippen LogP contribution < -0.4 is 9.47 Å². The first-order chi connectivity index (χ1) is 10.1. The standard InChI is InChI=1S/C15H10I3NO2/c16-11-7-13(17)15(14(18)8-11)21-6-5-20-12-3-1-10(9-19)2-4-12/h1-4,7-8H,5-6H2. The molecule has 0 amide bonds. The summed E-state index contributed by atoms with van der Waals surface area (Å²) in [6.07, 6.45) is 0. The van der Waals surface area contributed by atoms with Gasteiger partial charge in [0.05, 0.1) is 18.8 Å². The molecule has 6 heteroatoms. The lowest BCUT2D eigenvalue weighted by Gasteiger charge is -2.11. The van der Waals surface area contributed by atoms with Gasteiger partial charge in [0.2, 0.25) is 0 Å². The molecule has 0 fully saturated rings. The maximum atomic E-state index is 8.73. The van der Waals surface area contributed by atoms with E-state index in [-0.39, 0.29) is 0 Å². The minimum atomic E-state index is 0.462. The molecule has 0 aliphatic heterocycles. The highest BCUT2D eigenvalue weighted by Gasteiger charge is 2.08. The van der Waals surface area contributed by atoms with Crippen molar-refractivity contribution in [2.75, 3.05) is 13.2 Å². The molecule has 0 aromatic heterocycles. The van der Waals surface area contributed by atoms with Gasteiger partial charge in [0.1, 0.15) is 24.7 Å². The van der Waals surface area contributed by atoms with Crippen molar-refractivity contribution in [2.24, 2.45) is 0 Å². The number of hydrogen-bond acceptors (Lipinski definition) is 3. The lowest BCUT2D eigenvalue weighted by Crippen LogP contribution is -2.10. The Morgan fingerprint density at radius 2 is 1.48 bits per heavy atom. The van der Waals surface area contributed by atoms with E-state index in [0.717, 1.165) is 18.6 Å². The SMILES string of the molecule is N#Cc1ccc(OCCOc2c(I)cc(I)cc2I)cc1. The third kappa shape index (κ3) is 5.14. The zero-order chi connectivity index (χ0) is 15.2. The Balaban J connectivity index is 1.86. The van der Waals surface area contributed by atoms with E-state index in [1.54, 1.807) is 24.3 Å². The fourth-order valence-electron chi connectivity index (χ4n) is 1.60. The fraction of sp³-hybridized carbons (Fsp3) is 0.133. The van der Waals surface area contributed by atoms with Crippen molar-refractivity contribution in [3.8, 4) is 17.6 Å². The van der Waals surface area contributed by atoms with Crippen molar-refractivity contribution >= 4 is 67.8 Å². The van der Waals surface area contributed by atoms with E-state index in [0.29, 0.717) is 18.8 Å². The Morgan fingerprint density at radius 1 is 0.905 bits per heavy atom. The van der Waals surface area contributed by atoms with Crippen LogP contribution in [-0.4, -0.2) is 13.2 Å². The molecule has 0 atom stereocenters. The third-order valence-corrected chi connectivity index (χ3v) is 4.77. The second kappa shape index (κ2) is 8.38. The highest BCUT2D eigenvalue weighted by atomic mass is 127. The summed E-state index contributed by atoms with van der Waals surface area (Å²) in [5, 5.41) is 8.73. The molecule has 0 aliphatic carbocycles. The van der Waals surface area contributed by atoms with Gasteiger partial charge in [0, 0.05) is 3.57 Å². The molecule has 0 saturated heterocycles. The van der Waals surface area contributed by atoms with Crippen molar-refractivity contribution in [3.63, 3.8) is 0 Å². The van der Waals surface area contributed by atoms with Crippen molar-refractivity contribution < 1.29 is 9.47 Å². The molecule has 21 heavy (non-hydrogen) atoms. The molecular formula is C15H10I3NO2. The molecule has 0 spiro atoms. The molecule has 0 unspecified atom stereocenters. The van der Waals surface area contributed by atoms with Crippen molar-refractivity contribution in [2.45, 2.75) is 0 Å². The maximum Gasteiger partial charge on any atom is 0.146 e. The summed E-state index contributed by atoms with van der Waals surface area (Å²) in [5.74, 6) is 1.64. The summed E-state index contributed by atoms with van der Waals surface area (Å²) in [5.41, 5.74) is 0.626. The Hall–Kier alpha value is -0.280. The number of halogens is 3. The lowest BCUT2D eigenvalue weighted by molar-refractivity contribution is 0.215. The molecule has 2 aromatic rings. The molecule has 0 saturated carbocycles. The molecular weight excluding hydrogens is 607 g/mol. The predicted octanol–water partition coefficient (Wildman–Crippen LogP) is 4.83. The van der Waals surface area contributed by atoms with Gasteiger partial charge in [0.15, 0.2) is 0 Å². The van der Waals surface area contributed by atoms with Gasteiger partial charge in [-0.2, -0.15) is 5.26 Å². The summed E-state index contributed by atoms with van der Waals surface area (Å²) >= 11 is 6.85. The summed E-state index contributed by atoms with van der Waals surface area (Å²) in [6, 6.07) is 13.3. The molecule has 0 heterocycles. The maximum absolute atomic E-state index is 8.73. The largest absolute Gasteiger partial charge is 0.490 e. The number of ether oxygens (including phenoxy) is 2. The molecule has 2 rings (SSSR count). The Morgan fingerprint density at radius 3 is 2.05 bits per heavy atom. The molecule has 0 N–H and O–H groups in total. The Labute approximate surface area is 164 Å². The average molecular weight is 617 g/mol. The van der Waals surface area contributed by atoms with Crippen molar-refractivity contribution in [3.05, 3.63) is 52.7 Å². The first-order valence-corrected chi connectivity index (χ1v) is 9.24. The molecule has 0 radical (unpaired) electrons. The van der Waals surface area contributed by atoms with Gasteiger partial charge in [-0.1, -0.05) is 0 Å². The third-order valence-electron chi connectivity index (χ3n) is 2.54. The molecule has 0 aliphatic rings. The van der Waals surface area contributed by atoms with Crippen LogP contribution >= 0.6 is 67.8 Å². The van der Waals surface area contributed by atoms with Crippen LogP contribution in [0.3, 0.4) is 0 Å². The van der Waals surface area contributed by atoms with Gasteiger partial charge in [-0.05, 0) is 104 Å². The van der Waals surface area contributed by atoms with Crippen LogP contribution in [0.1, 0.15) is 5.56 Å². The van der Waals surface area contributed by atoms with E-state index in [1.807, 2.05) is 0 Å². The lowest BCUT2D eigenvalue weighted by atomic mass is 10.2. The van der Waals surface area contributed by atoms with Gasteiger partial charge >= 0.3 is 0 Å². The van der Waals surface area contributed by atoms with E-state index < -0.39 is 0 Å². The fourth-order valence-corrected chi connectivity index (χ4v) is 5.49. The second-order valence-corrected chi connectivity index (χ2v) is 7.60. The molecule has 3 nitrogen and oxygen atoms in total. The first-order valence-electron chi connectivity index (χ1n) is 6.00. The van der Waals surface area contributed by atoms with Crippen LogP contribution in [0.2, 0.25) is 0 Å². The van der Waals surface area contributed by atoms with Crippen molar-refractivity contribution in [1.29, 1.82) is 5.26 Å². The van der Waals surface area contributed by atoms with Crippen LogP contribution in [0.25, 0.3) is 0 Å². The van der Waals surface area contributed by atoms with Crippen LogP contribution in [0.4, 0.5) is 0 Å². The van der Waals surface area contributed by atoms with Crippen LogP contribution in [-0.2, 0) is 0 Å². The predicted molar refractivity (Wildman–Crippen MR) is 107 cm³/mol. The van der Waals surface area contributed by atoms with Gasteiger partial charge in [-0.25, -0.2) is 0 Å². The number of nitriles is 1. The van der Waals surface area contributed by atoms with Gasteiger partial charge in [-0.15, -0.1) is 0 Å². The zero-order valence-electron chi connectivity index (χ0n) is 10.8. The minimum absolute atomic E-state index is 0.462. The van der Waals surface area contributed by atoms with Gasteiger partial charge in [-0.3, -0.25) is 0 Å². The van der Waals surface area contributed by atoms with E-state index >= 15 is 0 Å². The summed E-state index contributed by atoms with van der Waals surface area (Å²) < 4.78 is 14.8. The zero-order valence-corrected chi connectivity index (χ0v) is 17.2. The Bertz CT molecular complexity index is 643. The Kier molecular flexibility index (Phi) is 6.81. The number of benzene rings is 2. The summed E-state index contributed by atoms with van der Waals surface area (Å²) in [7, 11) is 0. The van der Waals surface area contributed by atoms with Crippen LogP contribution in [0, 0.1) is 22.0 Å². The summed E-state index contributed by atoms with van der Waals surface area (Å²) in [4.78, 5) is 0. The second-order valence-electron chi connectivity index (χ2n) is 4.03. The number of nitrogens with zero attached hydrogens (tertiary/aromatic N) is 1. The van der Waals surface area contributed by atoms with Crippen LogP contribution in [0.5, 0.6) is 11.5 Å². The van der Waals surface area contributed by atoms with E-state index in [2.05, 4.69) is 86.0 Å². The van der Waals surface area contributed by atoms with E-state index in [4.69, 9.17) is 14.7 Å². The monoisotopic (exact) mass is 617 g/mol. The highest BCUT2D eigenvalue weighted by Crippen LogP contribution is 2.29. The number of hydrogen-bond donors (Lipinski definition) is 0. The highest BCUT2D eigenvalue weighted by molar-refractivity contribution is 14.1.